The molecule has 0 saturated carbocycles. The molecule has 1 N–H and O–H groups in total. The third-order valence-electron chi connectivity index (χ3n) is 5.29. The molecule has 2 amide bonds. The number of nitrogens with zero attached hydrogens (tertiary/aromatic N) is 2. The summed E-state index contributed by atoms with van der Waals surface area (Å²) in [4.78, 5) is 27.7. The van der Waals surface area contributed by atoms with Crippen molar-refractivity contribution in [2.75, 3.05) is 23.7 Å². The second-order valence-corrected chi connectivity index (χ2v) is 10.8. The molecule has 0 aromatic heterocycles. The van der Waals surface area contributed by atoms with Gasteiger partial charge in [-0.05, 0) is 44.4 Å². The Balaban J connectivity index is 2.35. The van der Waals surface area contributed by atoms with Gasteiger partial charge in [-0.25, -0.2) is 8.42 Å². The van der Waals surface area contributed by atoms with E-state index in [1.54, 1.807) is 31.2 Å². The highest BCUT2D eigenvalue weighted by Gasteiger charge is 2.30. The molecule has 0 radical (unpaired) electrons. The Morgan fingerprint density at radius 1 is 0.970 bits per heavy atom. The van der Waals surface area contributed by atoms with E-state index in [4.69, 9.17) is 0 Å². The molecule has 2 aromatic rings. The van der Waals surface area contributed by atoms with E-state index in [2.05, 4.69) is 5.32 Å². The van der Waals surface area contributed by atoms with Gasteiger partial charge in [-0.15, -0.1) is 0 Å². The first-order valence-electron chi connectivity index (χ1n) is 11.1. The Morgan fingerprint density at radius 2 is 1.61 bits per heavy atom. The van der Waals surface area contributed by atoms with Gasteiger partial charge in [0.15, 0.2) is 0 Å². The molecular formula is C25H35N3O4S. The molecule has 2 rings (SSSR count). The van der Waals surface area contributed by atoms with E-state index in [1.165, 1.54) is 4.90 Å². The van der Waals surface area contributed by atoms with Crippen LogP contribution in [0.4, 0.5) is 5.69 Å². The topological polar surface area (TPSA) is 86.8 Å². The van der Waals surface area contributed by atoms with Crippen molar-refractivity contribution in [3.05, 3.63) is 65.2 Å². The van der Waals surface area contributed by atoms with Gasteiger partial charge in [-0.3, -0.25) is 13.9 Å². The predicted octanol–water partition coefficient (Wildman–Crippen LogP) is 3.26. The molecule has 1 unspecified atom stereocenters. The number of hydrogen-bond acceptors (Lipinski definition) is 4. The number of benzene rings is 2. The first-order valence-corrected chi connectivity index (χ1v) is 12.9. The summed E-state index contributed by atoms with van der Waals surface area (Å²) in [5, 5.41) is 2.87. The molecule has 0 aliphatic heterocycles. The maximum atomic E-state index is 13.5. The quantitative estimate of drug-likeness (QED) is 0.574. The minimum Gasteiger partial charge on any atom is -0.354 e. The minimum atomic E-state index is -3.72. The largest absolute Gasteiger partial charge is 0.354 e. The van der Waals surface area contributed by atoms with E-state index in [0.717, 1.165) is 27.3 Å². The monoisotopic (exact) mass is 473 g/mol. The molecule has 8 heteroatoms. The summed E-state index contributed by atoms with van der Waals surface area (Å²) >= 11 is 0. The Bertz CT molecular complexity index is 1070. The Morgan fingerprint density at radius 3 is 2.15 bits per heavy atom. The number of hydrogen-bond donors (Lipinski definition) is 1. The van der Waals surface area contributed by atoms with Crippen molar-refractivity contribution >= 4 is 27.5 Å². The lowest BCUT2D eigenvalue weighted by atomic mass is 10.1. The van der Waals surface area contributed by atoms with Crippen LogP contribution < -0.4 is 9.62 Å². The van der Waals surface area contributed by atoms with Crippen molar-refractivity contribution in [2.24, 2.45) is 5.92 Å². The normalized spacial score (nSPS) is 12.3. The number of amides is 2. The maximum absolute atomic E-state index is 13.5. The molecule has 1 atom stereocenters. The minimum absolute atomic E-state index is 0.197. The SMILES string of the molecule is Cc1ccc(N(CC(=O)N(Cc2cccc(C)c2)C(C)C(=O)NCC(C)C)S(C)(=O)=O)cc1. The Kier molecular flexibility index (Phi) is 9.05. The smallest absolute Gasteiger partial charge is 0.244 e. The van der Waals surface area contributed by atoms with E-state index in [-0.39, 0.29) is 18.4 Å². The van der Waals surface area contributed by atoms with Crippen LogP contribution in [-0.2, 0) is 26.2 Å². The third-order valence-corrected chi connectivity index (χ3v) is 6.43. The van der Waals surface area contributed by atoms with Crippen LogP contribution in [0.1, 0.15) is 37.5 Å². The third kappa shape index (κ3) is 7.89. The zero-order chi connectivity index (χ0) is 24.8. The van der Waals surface area contributed by atoms with E-state index in [1.807, 2.05) is 52.0 Å². The van der Waals surface area contributed by atoms with Gasteiger partial charge >= 0.3 is 0 Å². The van der Waals surface area contributed by atoms with E-state index < -0.39 is 28.5 Å². The summed E-state index contributed by atoms with van der Waals surface area (Å²) in [7, 11) is -3.72. The van der Waals surface area contributed by atoms with Crippen molar-refractivity contribution in [2.45, 2.75) is 47.2 Å². The molecule has 0 aliphatic carbocycles. The maximum Gasteiger partial charge on any atom is 0.244 e. The predicted molar refractivity (Wildman–Crippen MR) is 132 cm³/mol. The molecule has 0 heterocycles. The average molecular weight is 474 g/mol. The standard InChI is InChI=1S/C25H35N3O4S/c1-18(2)15-26-25(30)21(5)27(16-22-9-7-8-20(4)14-22)24(29)17-28(33(6,31)32)23-12-10-19(3)11-13-23/h7-14,18,21H,15-17H2,1-6H3,(H,26,30). The first kappa shape index (κ1) is 26.4. The lowest BCUT2D eigenvalue weighted by Crippen LogP contribution is -2.51. The van der Waals surface area contributed by atoms with Crippen LogP contribution in [-0.4, -0.2) is 50.5 Å². The van der Waals surface area contributed by atoms with Gasteiger partial charge in [-0.1, -0.05) is 61.4 Å². The Hall–Kier alpha value is -2.87. The van der Waals surface area contributed by atoms with Crippen LogP contribution in [0, 0.1) is 19.8 Å². The van der Waals surface area contributed by atoms with Crippen molar-refractivity contribution in [1.29, 1.82) is 0 Å². The number of rotatable bonds is 10. The van der Waals surface area contributed by atoms with Crippen LogP contribution in [0.15, 0.2) is 48.5 Å². The van der Waals surface area contributed by atoms with Gasteiger partial charge in [-0.2, -0.15) is 0 Å². The van der Waals surface area contributed by atoms with Crippen molar-refractivity contribution in [3.8, 4) is 0 Å². The number of nitrogens with one attached hydrogen (secondary N) is 1. The number of anilines is 1. The molecular weight excluding hydrogens is 438 g/mol. The summed E-state index contributed by atoms with van der Waals surface area (Å²) in [5.74, 6) is -0.454. The van der Waals surface area contributed by atoms with Gasteiger partial charge in [0, 0.05) is 13.1 Å². The molecule has 0 saturated heterocycles. The highest BCUT2D eigenvalue weighted by Crippen LogP contribution is 2.20. The van der Waals surface area contributed by atoms with Crippen LogP contribution in [0.5, 0.6) is 0 Å². The number of carbonyl (C=O) groups is 2. The van der Waals surface area contributed by atoms with Crippen LogP contribution in [0.2, 0.25) is 0 Å². The molecule has 33 heavy (non-hydrogen) atoms. The van der Waals surface area contributed by atoms with E-state index in [9.17, 15) is 18.0 Å². The van der Waals surface area contributed by atoms with Gasteiger partial charge in [0.1, 0.15) is 12.6 Å². The highest BCUT2D eigenvalue weighted by atomic mass is 32.2. The fourth-order valence-electron chi connectivity index (χ4n) is 3.37. The summed E-state index contributed by atoms with van der Waals surface area (Å²) in [6.45, 7) is 9.81. The molecule has 0 fully saturated rings. The number of aryl methyl sites for hydroxylation is 2. The van der Waals surface area contributed by atoms with Crippen LogP contribution in [0.3, 0.4) is 0 Å². The fraction of sp³-hybridized carbons (Fsp3) is 0.440. The number of sulfonamides is 1. The fourth-order valence-corrected chi connectivity index (χ4v) is 4.22. The van der Waals surface area contributed by atoms with Gasteiger partial charge in [0.25, 0.3) is 0 Å². The Labute approximate surface area is 197 Å². The van der Waals surface area contributed by atoms with Crippen molar-refractivity contribution < 1.29 is 18.0 Å². The van der Waals surface area contributed by atoms with E-state index >= 15 is 0 Å². The summed E-state index contributed by atoms with van der Waals surface area (Å²) in [5.41, 5.74) is 3.29. The molecule has 0 aliphatic rings. The van der Waals surface area contributed by atoms with Gasteiger partial charge in [0.2, 0.25) is 21.8 Å². The molecule has 7 nitrogen and oxygen atoms in total. The molecule has 2 aromatic carbocycles. The van der Waals surface area contributed by atoms with Crippen LogP contribution in [0.25, 0.3) is 0 Å². The summed E-state index contributed by atoms with van der Waals surface area (Å²) in [6, 6.07) is 13.9. The second kappa shape index (κ2) is 11.3. The van der Waals surface area contributed by atoms with Crippen molar-refractivity contribution in [1.82, 2.24) is 10.2 Å². The van der Waals surface area contributed by atoms with Gasteiger partial charge < -0.3 is 10.2 Å². The molecule has 180 valence electrons. The highest BCUT2D eigenvalue weighted by molar-refractivity contribution is 7.92. The zero-order valence-corrected chi connectivity index (χ0v) is 21.1. The van der Waals surface area contributed by atoms with Crippen molar-refractivity contribution in [3.63, 3.8) is 0 Å². The number of carbonyl (C=O) groups excluding carboxylic acids is 2. The lowest BCUT2D eigenvalue weighted by molar-refractivity contribution is -0.139. The summed E-state index contributed by atoms with van der Waals surface area (Å²) < 4.78 is 26.2. The first-order chi connectivity index (χ1) is 15.4. The van der Waals surface area contributed by atoms with E-state index in [0.29, 0.717) is 12.2 Å². The molecule has 0 bridgehead atoms. The lowest BCUT2D eigenvalue weighted by Gasteiger charge is -2.31. The summed E-state index contributed by atoms with van der Waals surface area (Å²) in [6.07, 6.45) is 1.07. The average Bonchev–Trinajstić information content (AvgIpc) is 2.73. The zero-order valence-electron chi connectivity index (χ0n) is 20.3. The second-order valence-electron chi connectivity index (χ2n) is 8.93. The van der Waals surface area contributed by atoms with Crippen LogP contribution >= 0.6 is 0 Å². The molecule has 0 spiro atoms. The van der Waals surface area contributed by atoms with Gasteiger partial charge in [0.05, 0.1) is 11.9 Å².